The second-order valence-corrected chi connectivity index (χ2v) is 9.14. The number of nitrogens with zero attached hydrogens (tertiary/aromatic N) is 3. The fraction of sp³-hybridized carbons (Fsp3) is 0.440. The van der Waals surface area contributed by atoms with E-state index in [2.05, 4.69) is 4.90 Å². The van der Waals surface area contributed by atoms with Gasteiger partial charge in [-0.05, 0) is 57.2 Å². The van der Waals surface area contributed by atoms with Crippen LogP contribution in [0, 0.1) is 0 Å². The van der Waals surface area contributed by atoms with E-state index in [1.54, 1.807) is 4.90 Å². The Labute approximate surface area is 198 Å². The van der Waals surface area contributed by atoms with E-state index in [-0.39, 0.29) is 12.0 Å². The third-order valence-corrected chi connectivity index (χ3v) is 6.41. The van der Waals surface area contributed by atoms with Crippen LogP contribution >= 0.6 is 11.3 Å². The van der Waals surface area contributed by atoms with Crippen LogP contribution in [0.2, 0.25) is 0 Å². The lowest BCUT2D eigenvalue weighted by Gasteiger charge is -2.29. The summed E-state index contributed by atoms with van der Waals surface area (Å²) in [7, 11) is 0. The van der Waals surface area contributed by atoms with Crippen LogP contribution in [-0.2, 0) is 4.74 Å². The van der Waals surface area contributed by atoms with Gasteiger partial charge in [0.15, 0.2) is 5.13 Å². The number of benzene rings is 2. The highest BCUT2D eigenvalue weighted by molar-refractivity contribution is 7.22. The van der Waals surface area contributed by atoms with E-state index in [4.69, 9.17) is 19.2 Å². The van der Waals surface area contributed by atoms with E-state index < -0.39 is 0 Å². The Morgan fingerprint density at radius 3 is 2.64 bits per heavy atom. The zero-order valence-corrected chi connectivity index (χ0v) is 20.3. The van der Waals surface area contributed by atoms with E-state index in [0.29, 0.717) is 23.8 Å². The van der Waals surface area contributed by atoms with Crippen LogP contribution in [0.1, 0.15) is 31.1 Å². The molecule has 0 spiro atoms. The monoisotopic (exact) mass is 469 g/mol. The van der Waals surface area contributed by atoms with Crippen LogP contribution < -0.4 is 14.4 Å². The number of rotatable bonds is 9. The minimum atomic E-state index is -0.0728. The average Bonchev–Trinajstić information content (AvgIpc) is 3.25. The van der Waals surface area contributed by atoms with Gasteiger partial charge in [0.05, 0.1) is 30.6 Å². The van der Waals surface area contributed by atoms with Crippen LogP contribution in [0.5, 0.6) is 11.5 Å². The Balaban J connectivity index is 1.62. The number of carbonyl (C=O) groups excluding carboxylic acids is 1. The molecule has 1 aromatic heterocycles. The number of morpholine rings is 1. The van der Waals surface area contributed by atoms with E-state index >= 15 is 0 Å². The molecule has 7 nitrogen and oxygen atoms in total. The van der Waals surface area contributed by atoms with Crippen molar-refractivity contribution in [2.24, 2.45) is 0 Å². The second kappa shape index (κ2) is 11.0. The van der Waals surface area contributed by atoms with Gasteiger partial charge in [-0.15, -0.1) is 0 Å². The molecule has 33 heavy (non-hydrogen) atoms. The molecule has 1 saturated heterocycles. The lowest BCUT2D eigenvalue weighted by atomic mass is 10.2. The molecule has 0 aliphatic carbocycles. The average molecular weight is 470 g/mol. The maximum atomic E-state index is 13.6. The maximum absolute atomic E-state index is 13.6. The SMILES string of the molecule is CCOc1cccc2sc(N(CCN3CCOCC3)C(=O)c3ccc(OC(C)C)cc3)nc12. The molecular formula is C25H31N3O4S. The van der Waals surface area contributed by atoms with Crippen LogP contribution in [0.4, 0.5) is 5.13 Å². The minimum Gasteiger partial charge on any atom is -0.492 e. The van der Waals surface area contributed by atoms with Crippen LogP contribution in [0.15, 0.2) is 42.5 Å². The molecule has 4 rings (SSSR count). The van der Waals surface area contributed by atoms with Crippen molar-refractivity contribution in [1.29, 1.82) is 0 Å². The molecule has 0 bridgehead atoms. The smallest absolute Gasteiger partial charge is 0.260 e. The molecule has 2 aromatic carbocycles. The number of hydrogen-bond donors (Lipinski definition) is 0. The number of hydrogen-bond acceptors (Lipinski definition) is 7. The Hall–Kier alpha value is -2.68. The molecule has 0 atom stereocenters. The molecule has 0 saturated carbocycles. The maximum Gasteiger partial charge on any atom is 0.260 e. The van der Waals surface area contributed by atoms with Crippen molar-refractivity contribution in [1.82, 2.24) is 9.88 Å². The van der Waals surface area contributed by atoms with Crippen molar-refractivity contribution in [2.45, 2.75) is 26.9 Å². The van der Waals surface area contributed by atoms with Crippen LogP contribution in [-0.4, -0.2) is 67.9 Å². The number of aromatic nitrogens is 1. The van der Waals surface area contributed by atoms with Crippen molar-refractivity contribution in [3.05, 3.63) is 48.0 Å². The lowest BCUT2D eigenvalue weighted by Crippen LogP contribution is -2.43. The molecule has 8 heteroatoms. The van der Waals surface area contributed by atoms with Crippen molar-refractivity contribution in [2.75, 3.05) is 50.9 Å². The van der Waals surface area contributed by atoms with Gasteiger partial charge in [-0.25, -0.2) is 4.98 Å². The van der Waals surface area contributed by atoms with Gasteiger partial charge in [0, 0.05) is 31.7 Å². The van der Waals surface area contributed by atoms with Gasteiger partial charge < -0.3 is 14.2 Å². The number of fused-ring (bicyclic) bond motifs is 1. The summed E-state index contributed by atoms with van der Waals surface area (Å²) in [6.07, 6.45) is 0.0823. The van der Waals surface area contributed by atoms with Gasteiger partial charge >= 0.3 is 0 Å². The van der Waals surface area contributed by atoms with Crippen molar-refractivity contribution in [3.63, 3.8) is 0 Å². The van der Waals surface area contributed by atoms with Crippen molar-refractivity contribution < 1.29 is 19.0 Å². The van der Waals surface area contributed by atoms with Gasteiger partial charge in [-0.3, -0.25) is 14.6 Å². The molecule has 1 fully saturated rings. The zero-order valence-electron chi connectivity index (χ0n) is 19.5. The van der Waals surface area contributed by atoms with Crippen LogP contribution in [0.3, 0.4) is 0 Å². The number of para-hydroxylation sites is 1. The summed E-state index contributed by atoms with van der Waals surface area (Å²) < 4.78 is 18.0. The molecule has 2 heterocycles. The summed E-state index contributed by atoms with van der Waals surface area (Å²) in [5.74, 6) is 1.42. The van der Waals surface area contributed by atoms with E-state index in [9.17, 15) is 4.79 Å². The van der Waals surface area contributed by atoms with Gasteiger partial charge in [-0.1, -0.05) is 17.4 Å². The van der Waals surface area contributed by atoms with E-state index in [1.807, 2.05) is 63.2 Å². The number of anilines is 1. The largest absolute Gasteiger partial charge is 0.492 e. The molecule has 0 radical (unpaired) electrons. The predicted octanol–water partition coefficient (Wildman–Crippen LogP) is 4.46. The first-order valence-corrected chi connectivity index (χ1v) is 12.3. The Bertz CT molecular complexity index is 1060. The number of thiazole rings is 1. The fourth-order valence-electron chi connectivity index (χ4n) is 3.75. The van der Waals surface area contributed by atoms with Gasteiger partial charge in [0.2, 0.25) is 0 Å². The predicted molar refractivity (Wildman–Crippen MR) is 132 cm³/mol. The van der Waals surface area contributed by atoms with Gasteiger partial charge in [-0.2, -0.15) is 0 Å². The summed E-state index contributed by atoms with van der Waals surface area (Å²) >= 11 is 1.51. The normalized spacial score (nSPS) is 14.5. The van der Waals surface area contributed by atoms with E-state index in [1.165, 1.54) is 11.3 Å². The second-order valence-electron chi connectivity index (χ2n) is 8.13. The molecule has 1 amide bonds. The number of amides is 1. The highest BCUT2D eigenvalue weighted by Gasteiger charge is 2.24. The number of carbonyl (C=O) groups is 1. The van der Waals surface area contributed by atoms with Crippen molar-refractivity contribution in [3.8, 4) is 11.5 Å². The summed E-state index contributed by atoms with van der Waals surface area (Å²) in [4.78, 5) is 22.6. The molecule has 1 aliphatic heterocycles. The first kappa shape index (κ1) is 23.5. The van der Waals surface area contributed by atoms with Crippen molar-refractivity contribution >= 4 is 32.6 Å². The molecule has 0 N–H and O–H groups in total. The standard InChI is InChI=1S/C25H31N3O4S/c1-4-31-21-6-5-7-22-23(21)26-25(33-22)28(13-12-27-14-16-30-17-15-27)24(29)19-8-10-20(11-9-19)32-18(2)3/h5-11,18H,4,12-17H2,1-3H3. The quantitative estimate of drug-likeness (QED) is 0.461. The Morgan fingerprint density at radius 1 is 1.18 bits per heavy atom. The highest BCUT2D eigenvalue weighted by Crippen LogP contribution is 2.35. The highest BCUT2D eigenvalue weighted by atomic mass is 32.1. The minimum absolute atomic E-state index is 0.0728. The molecule has 3 aromatic rings. The Morgan fingerprint density at radius 2 is 1.94 bits per heavy atom. The summed E-state index contributed by atoms with van der Waals surface area (Å²) in [6.45, 7) is 11.0. The van der Waals surface area contributed by atoms with Gasteiger partial charge in [0.25, 0.3) is 5.91 Å². The Kier molecular flexibility index (Phi) is 7.80. The molecule has 0 unspecified atom stereocenters. The zero-order chi connectivity index (χ0) is 23.2. The first-order chi connectivity index (χ1) is 16.0. The summed E-state index contributed by atoms with van der Waals surface area (Å²) in [6, 6.07) is 13.2. The third kappa shape index (κ3) is 5.82. The molecular weight excluding hydrogens is 438 g/mol. The first-order valence-electron chi connectivity index (χ1n) is 11.5. The summed E-state index contributed by atoms with van der Waals surface area (Å²) in [5.41, 5.74) is 1.40. The molecule has 176 valence electrons. The fourth-order valence-corrected chi connectivity index (χ4v) is 4.76. The third-order valence-electron chi connectivity index (χ3n) is 5.36. The summed E-state index contributed by atoms with van der Waals surface area (Å²) in [5, 5.41) is 0.679. The molecule has 1 aliphatic rings. The van der Waals surface area contributed by atoms with Gasteiger partial charge in [0.1, 0.15) is 17.0 Å². The topological polar surface area (TPSA) is 64.1 Å². The van der Waals surface area contributed by atoms with E-state index in [0.717, 1.165) is 54.6 Å². The van der Waals surface area contributed by atoms with Crippen LogP contribution in [0.25, 0.3) is 10.2 Å². The number of ether oxygens (including phenoxy) is 3. The lowest BCUT2D eigenvalue weighted by molar-refractivity contribution is 0.0391.